The summed E-state index contributed by atoms with van der Waals surface area (Å²) in [5.41, 5.74) is 2.30. The molecule has 5 heteroatoms. The predicted octanol–water partition coefficient (Wildman–Crippen LogP) is 3.29. The average Bonchev–Trinajstić information content (AvgIpc) is 2.52. The van der Waals surface area contributed by atoms with Crippen LogP contribution >= 0.6 is 0 Å². The second-order valence-electron chi connectivity index (χ2n) is 5.76. The molecule has 5 nitrogen and oxygen atoms in total. The molecule has 2 aromatic heterocycles. The minimum atomic E-state index is -0.487. The van der Waals surface area contributed by atoms with Crippen molar-refractivity contribution < 1.29 is 0 Å². The van der Waals surface area contributed by atoms with E-state index in [0.717, 1.165) is 5.56 Å². The third kappa shape index (κ3) is 3.59. The van der Waals surface area contributed by atoms with Crippen molar-refractivity contribution in [2.75, 3.05) is 5.32 Å². The molecule has 2 atom stereocenters. The molecule has 2 aromatic rings. The van der Waals surface area contributed by atoms with E-state index in [9.17, 15) is 5.26 Å². The fraction of sp³-hybridized carbons (Fsp3) is 0.412. The van der Waals surface area contributed by atoms with E-state index >= 15 is 0 Å². The standard InChI is InChI=1S/C17H21N5/c1-11(2)13(4)21-17-20-10-12(3)16(22-17)14(9-18)15-7-5-6-8-19-15/h5-8,10-11,13-14H,1-4H3,(H,20,21,22). The first-order chi connectivity index (χ1) is 10.5. The lowest BCUT2D eigenvalue weighted by Crippen LogP contribution is -2.23. The Morgan fingerprint density at radius 1 is 1.18 bits per heavy atom. The molecule has 0 fully saturated rings. The Morgan fingerprint density at radius 2 is 1.95 bits per heavy atom. The normalized spacial score (nSPS) is 13.5. The summed E-state index contributed by atoms with van der Waals surface area (Å²) < 4.78 is 0. The van der Waals surface area contributed by atoms with Gasteiger partial charge in [0.25, 0.3) is 0 Å². The highest BCUT2D eigenvalue weighted by atomic mass is 15.1. The molecule has 0 saturated carbocycles. The number of hydrogen-bond acceptors (Lipinski definition) is 5. The lowest BCUT2D eigenvalue weighted by Gasteiger charge is -2.19. The van der Waals surface area contributed by atoms with E-state index in [1.165, 1.54) is 0 Å². The van der Waals surface area contributed by atoms with Crippen LogP contribution in [0.2, 0.25) is 0 Å². The van der Waals surface area contributed by atoms with Gasteiger partial charge in [0.2, 0.25) is 5.95 Å². The van der Waals surface area contributed by atoms with Crippen molar-refractivity contribution in [1.29, 1.82) is 5.26 Å². The van der Waals surface area contributed by atoms with Crippen LogP contribution in [0.5, 0.6) is 0 Å². The van der Waals surface area contributed by atoms with Crippen LogP contribution in [0.4, 0.5) is 5.95 Å². The molecule has 2 unspecified atom stereocenters. The lowest BCUT2D eigenvalue weighted by atomic mass is 9.99. The zero-order chi connectivity index (χ0) is 16.1. The zero-order valence-electron chi connectivity index (χ0n) is 13.4. The number of nitriles is 1. The highest BCUT2D eigenvalue weighted by Crippen LogP contribution is 2.24. The van der Waals surface area contributed by atoms with Crippen LogP contribution in [-0.4, -0.2) is 21.0 Å². The molecule has 1 N–H and O–H groups in total. The Hall–Kier alpha value is -2.48. The quantitative estimate of drug-likeness (QED) is 0.916. The minimum Gasteiger partial charge on any atom is -0.352 e. The van der Waals surface area contributed by atoms with Gasteiger partial charge in [-0.15, -0.1) is 0 Å². The molecule has 2 heterocycles. The summed E-state index contributed by atoms with van der Waals surface area (Å²) >= 11 is 0. The first-order valence-electron chi connectivity index (χ1n) is 7.43. The Morgan fingerprint density at radius 3 is 2.55 bits per heavy atom. The smallest absolute Gasteiger partial charge is 0.223 e. The van der Waals surface area contributed by atoms with E-state index in [-0.39, 0.29) is 6.04 Å². The maximum absolute atomic E-state index is 9.55. The van der Waals surface area contributed by atoms with Gasteiger partial charge >= 0.3 is 0 Å². The fourth-order valence-electron chi connectivity index (χ4n) is 2.00. The third-order valence-electron chi connectivity index (χ3n) is 3.75. The van der Waals surface area contributed by atoms with Crippen LogP contribution in [0.1, 0.15) is 43.6 Å². The molecular formula is C17H21N5. The van der Waals surface area contributed by atoms with E-state index in [0.29, 0.717) is 23.3 Å². The summed E-state index contributed by atoms with van der Waals surface area (Å²) in [6.07, 6.45) is 3.45. The summed E-state index contributed by atoms with van der Waals surface area (Å²) in [4.78, 5) is 13.2. The summed E-state index contributed by atoms with van der Waals surface area (Å²) in [7, 11) is 0. The second-order valence-corrected chi connectivity index (χ2v) is 5.76. The average molecular weight is 295 g/mol. The molecular weight excluding hydrogens is 274 g/mol. The Kier molecular flexibility index (Phi) is 5.05. The van der Waals surface area contributed by atoms with Gasteiger partial charge in [0, 0.05) is 18.4 Å². The van der Waals surface area contributed by atoms with Crippen molar-refractivity contribution in [2.45, 2.75) is 39.7 Å². The number of aryl methyl sites for hydroxylation is 1. The van der Waals surface area contributed by atoms with Crippen molar-refractivity contribution in [3.63, 3.8) is 0 Å². The van der Waals surface area contributed by atoms with Gasteiger partial charge in [-0.25, -0.2) is 9.97 Å². The highest BCUT2D eigenvalue weighted by molar-refractivity contribution is 5.38. The lowest BCUT2D eigenvalue weighted by molar-refractivity contribution is 0.556. The molecule has 0 radical (unpaired) electrons. The molecule has 2 rings (SSSR count). The SMILES string of the molecule is Cc1cnc(NC(C)C(C)C)nc1C(C#N)c1ccccn1. The molecule has 0 aliphatic carbocycles. The molecule has 0 saturated heterocycles. The van der Waals surface area contributed by atoms with Crippen LogP contribution < -0.4 is 5.32 Å². The highest BCUT2D eigenvalue weighted by Gasteiger charge is 2.20. The Labute approximate surface area is 131 Å². The van der Waals surface area contributed by atoms with E-state index in [1.807, 2.05) is 25.1 Å². The summed E-state index contributed by atoms with van der Waals surface area (Å²) in [6, 6.07) is 8.11. The van der Waals surface area contributed by atoms with Crippen LogP contribution in [-0.2, 0) is 0 Å². The second kappa shape index (κ2) is 6.99. The molecule has 0 aromatic carbocycles. The van der Waals surface area contributed by atoms with Gasteiger partial charge in [0.1, 0.15) is 5.92 Å². The van der Waals surface area contributed by atoms with Crippen molar-refractivity contribution in [3.05, 3.63) is 47.5 Å². The van der Waals surface area contributed by atoms with Gasteiger partial charge in [0.15, 0.2) is 0 Å². The van der Waals surface area contributed by atoms with Crippen molar-refractivity contribution in [1.82, 2.24) is 15.0 Å². The van der Waals surface area contributed by atoms with Gasteiger partial charge in [-0.2, -0.15) is 5.26 Å². The van der Waals surface area contributed by atoms with Gasteiger partial charge in [-0.1, -0.05) is 19.9 Å². The molecule has 0 spiro atoms. The largest absolute Gasteiger partial charge is 0.352 e. The van der Waals surface area contributed by atoms with Gasteiger partial charge in [0.05, 0.1) is 17.5 Å². The Bertz CT molecular complexity index is 660. The number of aromatic nitrogens is 3. The fourth-order valence-corrected chi connectivity index (χ4v) is 2.00. The number of rotatable bonds is 5. The number of pyridine rings is 1. The van der Waals surface area contributed by atoms with E-state index in [2.05, 4.69) is 47.1 Å². The summed E-state index contributed by atoms with van der Waals surface area (Å²) in [6.45, 7) is 8.28. The van der Waals surface area contributed by atoms with Crippen LogP contribution in [0.3, 0.4) is 0 Å². The van der Waals surface area contributed by atoms with Crippen molar-refractivity contribution >= 4 is 5.95 Å². The van der Waals surface area contributed by atoms with Gasteiger partial charge < -0.3 is 5.32 Å². The topological polar surface area (TPSA) is 74.5 Å². The summed E-state index contributed by atoms with van der Waals surface area (Å²) in [5, 5.41) is 12.8. The zero-order valence-corrected chi connectivity index (χ0v) is 13.4. The molecule has 0 amide bonds. The maximum atomic E-state index is 9.55. The first-order valence-corrected chi connectivity index (χ1v) is 7.43. The van der Waals surface area contributed by atoms with Gasteiger partial charge in [-0.05, 0) is 37.5 Å². The third-order valence-corrected chi connectivity index (χ3v) is 3.75. The first kappa shape index (κ1) is 15.9. The molecule has 0 aliphatic rings. The van der Waals surface area contributed by atoms with E-state index in [1.54, 1.807) is 12.4 Å². The van der Waals surface area contributed by atoms with Crippen LogP contribution in [0.25, 0.3) is 0 Å². The monoisotopic (exact) mass is 295 g/mol. The van der Waals surface area contributed by atoms with Crippen molar-refractivity contribution in [3.8, 4) is 6.07 Å². The molecule has 114 valence electrons. The Balaban J connectivity index is 2.35. The van der Waals surface area contributed by atoms with Gasteiger partial charge in [-0.3, -0.25) is 4.98 Å². The van der Waals surface area contributed by atoms with E-state index < -0.39 is 5.92 Å². The molecule has 0 aliphatic heterocycles. The molecule has 0 bridgehead atoms. The van der Waals surface area contributed by atoms with Crippen molar-refractivity contribution in [2.24, 2.45) is 5.92 Å². The maximum Gasteiger partial charge on any atom is 0.223 e. The van der Waals surface area contributed by atoms with Crippen LogP contribution in [0.15, 0.2) is 30.6 Å². The molecule has 22 heavy (non-hydrogen) atoms. The predicted molar refractivity (Wildman–Crippen MR) is 86.4 cm³/mol. The number of nitrogens with one attached hydrogen (secondary N) is 1. The minimum absolute atomic E-state index is 0.256. The number of hydrogen-bond donors (Lipinski definition) is 1. The number of anilines is 1. The van der Waals surface area contributed by atoms with E-state index in [4.69, 9.17) is 0 Å². The van der Waals surface area contributed by atoms with Crippen LogP contribution in [0, 0.1) is 24.2 Å². The summed E-state index contributed by atoms with van der Waals surface area (Å²) in [5.74, 6) is 0.535. The number of nitrogens with zero attached hydrogens (tertiary/aromatic N) is 4.